The van der Waals surface area contributed by atoms with Crippen LogP contribution in [0.1, 0.15) is 33.7 Å². The van der Waals surface area contributed by atoms with E-state index in [4.69, 9.17) is 0 Å². The molecule has 0 radical (unpaired) electrons. The van der Waals surface area contributed by atoms with Crippen LogP contribution in [0.25, 0.3) is 0 Å². The van der Waals surface area contributed by atoms with E-state index in [2.05, 4.69) is 44.2 Å². The van der Waals surface area contributed by atoms with Gasteiger partial charge in [-0.05, 0) is 33.8 Å². The predicted molar refractivity (Wildman–Crippen MR) is 63.8 cm³/mol. The van der Waals surface area contributed by atoms with Crippen molar-refractivity contribution < 1.29 is 0 Å². The van der Waals surface area contributed by atoms with Crippen LogP contribution in [0.5, 0.6) is 0 Å². The van der Waals surface area contributed by atoms with Crippen molar-refractivity contribution in [1.29, 1.82) is 0 Å². The van der Waals surface area contributed by atoms with E-state index in [9.17, 15) is 0 Å². The van der Waals surface area contributed by atoms with Crippen molar-refractivity contribution in [1.82, 2.24) is 15.1 Å². The predicted octanol–water partition coefficient (Wildman–Crippen LogP) is 2.39. The Bertz CT molecular complexity index is 297. The van der Waals surface area contributed by atoms with E-state index in [0.717, 1.165) is 6.54 Å². The van der Waals surface area contributed by atoms with Crippen LogP contribution < -0.4 is 5.32 Å². The monoisotopic (exact) mass is 207 g/mol. The van der Waals surface area contributed by atoms with Crippen LogP contribution in [-0.4, -0.2) is 22.4 Å². The van der Waals surface area contributed by atoms with E-state index in [-0.39, 0.29) is 0 Å². The number of hydrogen-bond donors (Lipinski definition) is 1. The summed E-state index contributed by atoms with van der Waals surface area (Å²) < 4.78 is 1.99. The maximum absolute atomic E-state index is 4.24. The van der Waals surface area contributed by atoms with E-state index < -0.39 is 0 Å². The lowest BCUT2D eigenvalue weighted by atomic mass is 10.1. The lowest BCUT2D eigenvalue weighted by Crippen LogP contribution is -2.34. The van der Waals surface area contributed by atoms with E-state index in [1.807, 2.05) is 23.1 Å². The van der Waals surface area contributed by atoms with Crippen LogP contribution >= 0.6 is 0 Å². The molecule has 3 heteroatoms. The van der Waals surface area contributed by atoms with Crippen LogP contribution in [0.3, 0.4) is 0 Å². The van der Waals surface area contributed by atoms with Crippen molar-refractivity contribution in [3.8, 4) is 0 Å². The van der Waals surface area contributed by atoms with Gasteiger partial charge in [-0.2, -0.15) is 5.10 Å². The van der Waals surface area contributed by atoms with Gasteiger partial charge in [-0.1, -0.05) is 11.6 Å². The fraction of sp³-hybridized carbons (Fsp3) is 0.583. The van der Waals surface area contributed by atoms with Gasteiger partial charge in [0.25, 0.3) is 0 Å². The van der Waals surface area contributed by atoms with Gasteiger partial charge in [0.05, 0.1) is 6.04 Å². The molecule has 2 atom stereocenters. The minimum absolute atomic E-state index is 0.380. The third kappa shape index (κ3) is 3.88. The maximum Gasteiger partial charge on any atom is 0.0641 e. The molecule has 0 unspecified atom stereocenters. The Morgan fingerprint density at radius 1 is 1.47 bits per heavy atom. The summed E-state index contributed by atoms with van der Waals surface area (Å²) in [5, 5.41) is 7.71. The summed E-state index contributed by atoms with van der Waals surface area (Å²) in [5.74, 6) is 0. The minimum atomic E-state index is 0.380. The summed E-state index contributed by atoms with van der Waals surface area (Å²) in [7, 11) is 0. The molecule has 1 rings (SSSR count). The highest BCUT2D eigenvalue weighted by Gasteiger charge is 2.12. The Balaban J connectivity index is 2.40. The van der Waals surface area contributed by atoms with E-state index in [1.165, 1.54) is 5.57 Å². The van der Waals surface area contributed by atoms with Crippen LogP contribution in [0.2, 0.25) is 0 Å². The van der Waals surface area contributed by atoms with E-state index in [1.54, 1.807) is 0 Å². The summed E-state index contributed by atoms with van der Waals surface area (Å²) in [4.78, 5) is 0. The fourth-order valence-electron chi connectivity index (χ4n) is 1.37. The van der Waals surface area contributed by atoms with Gasteiger partial charge in [-0.15, -0.1) is 0 Å². The first-order valence-electron chi connectivity index (χ1n) is 5.47. The van der Waals surface area contributed by atoms with Gasteiger partial charge in [-0.25, -0.2) is 0 Å². The van der Waals surface area contributed by atoms with Gasteiger partial charge in [0, 0.05) is 25.0 Å². The second-order valence-corrected chi connectivity index (χ2v) is 4.21. The standard InChI is InChI=1S/C12H21N3/c1-10(2)6-8-13-11(3)12(4)15-9-5-7-14-15/h5-7,9,11-13H,8H2,1-4H3/t11-,12-/m0/s1. The molecule has 0 aliphatic carbocycles. The molecule has 1 aromatic heterocycles. The highest BCUT2D eigenvalue weighted by Crippen LogP contribution is 2.08. The molecule has 0 spiro atoms. The average Bonchev–Trinajstić information content (AvgIpc) is 2.68. The van der Waals surface area contributed by atoms with Gasteiger partial charge in [0.2, 0.25) is 0 Å². The minimum Gasteiger partial charge on any atom is -0.309 e. The Kier molecular flexibility index (Phi) is 4.56. The Labute approximate surface area is 92.2 Å². The lowest BCUT2D eigenvalue weighted by Gasteiger charge is -2.21. The zero-order valence-corrected chi connectivity index (χ0v) is 10.1. The quantitative estimate of drug-likeness (QED) is 0.751. The van der Waals surface area contributed by atoms with Crippen LogP contribution in [0, 0.1) is 0 Å². The number of allylic oxidation sites excluding steroid dienone is 1. The molecule has 1 N–H and O–H groups in total. The third-order valence-electron chi connectivity index (χ3n) is 2.62. The molecule has 3 nitrogen and oxygen atoms in total. The molecule has 0 amide bonds. The molecule has 0 saturated carbocycles. The topological polar surface area (TPSA) is 29.9 Å². The van der Waals surface area contributed by atoms with Crippen molar-refractivity contribution >= 4 is 0 Å². The van der Waals surface area contributed by atoms with E-state index >= 15 is 0 Å². The molecule has 0 saturated heterocycles. The maximum atomic E-state index is 4.24. The zero-order chi connectivity index (χ0) is 11.3. The molecule has 0 bridgehead atoms. The summed E-state index contributed by atoms with van der Waals surface area (Å²) in [6.07, 6.45) is 6.02. The lowest BCUT2D eigenvalue weighted by molar-refractivity contribution is 0.376. The summed E-state index contributed by atoms with van der Waals surface area (Å²) >= 11 is 0. The molecular formula is C12H21N3. The number of hydrogen-bond acceptors (Lipinski definition) is 2. The van der Waals surface area contributed by atoms with Gasteiger partial charge in [-0.3, -0.25) is 4.68 Å². The van der Waals surface area contributed by atoms with Crippen molar-refractivity contribution in [3.63, 3.8) is 0 Å². The SMILES string of the molecule is CC(C)=CCN[C@@H](C)[C@H](C)n1cccn1. The molecule has 0 aromatic carbocycles. The normalized spacial score (nSPS) is 14.7. The summed E-state index contributed by atoms with van der Waals surface area (Å²) in [5.41, 5.74) is 1.35. The number of nitrogens with one attached hydrogen (secondary N) is 1. The van der Waals surface area contributed by atoms with Crippen molar-refractivity contribution in [3.05, 3.63) is 30.1 Å². The van der Waals surface area contributed by atoms with Crippen molar-refractivity contribution in [2.24, 2.45) is 0 Å². The first kappa shape index (κ1) is 12.0. The Hall–Kier alpha value is -1.09. The van der Waals surface area contributed by atoms with Gasteiger partial charge in [0.15, 0.2) is 0 Å². The summed E-state index contributed by atoms with van der Waals surface area (Å²) in [6, 6.07) is 2.75. The van der Waals surface area contributed by atoms with E-state index in [0.29, 0.717) is 12.1 Å². The number of aromatic nitrogens is 2. The second-order valence-electron chi connectivity index (χ2n) is 4.21. The van der Waals surface area contributed by atoms with Crippen LogP contribution in [-0.2, 0) is 0 Å². The number of nitrogens with zero attached hydrogens (tertiary/aromatic N) is 2. The molecule has 1 heterocycles. The smallest absolute Gasteiger partial charge is 0.0641 e. The second kappa shape index (κ2) is 5.71. The van der Waals surface area contributed by atoms with Gasteiger partial charge >= 0.3 is 0 Å². The van der Waals surface area contributed by atoms with Crippen molar-refractivity contribution in [2.45, 2.75) is 39.8 Å². The highest BCUT2D eigenvalue weighted by molar-refractivity contribution is 4.95. The molecular weight excluding hydrogens is 186 g/mol. The molecule has 15 heavy (non-hydrogen) atoms. The Morgan fingerprint density at radius 3 is 2.73 bits per heavy atom. The number of rotatable bonds is 5. The first-order valence-corrected chi connectivity index (χ1v) is 5.47. The average molecular weight is 207 g/mol. The molecule has 0 fully saturated rings. The molecule has 0 aliphatic heterocycles. The first-order chi connectivity index (χ1) is 7.11. The van der Waals surface area contributed by atoms with Gasteiger partial charge < -0.3 is 5.32 Å². The summed E-state index contributed by atoms with van der Waals surface area (Å²) in [6.45, 7) is 9.51. The fourth-order valence-corrected chi connectivity index (χ4v) is 1.37. The van der Waals surface area contributed by atoms with Crippen LogP contribution in [0.15, 0.2) is 30.1 Å². The Morgan fingerprint density at radius 2 is 2.20 bits per heavy atom. The molecule has 1 aromatic rings. The molecule has 0 aliphatic rings. The largest absolute Gasteiger partial charge is 0.309 e. The van der Waals surface area contributed by atoms with Crippen LogP contribution in [0.4, 0.5) is 0 Å². The van der Waals surface area contributed by atoms with Gasteiger partial charge in [0.1, 0.15) is 0 Å². The van der Waals surface area contributed by atoms with Crippen molar-refractivity contribution in [2.75, 3.05) is 6.54 Å². The molecule has 84 valence electrons. The zero-order valence-electron chi connectivity index (χ0n) is 10.1. The highest BCUT2D eigenvalue weighted by atomic mass is 15.3. The third-order valence-corrected chi connectivity index (χ3v) is 2.62.